The monoisotopic (exact) mass is 664 g/mol. The first-order valence-corrected chi connectivity index (χ1v) is 19.3. The first kappa shape index (κ1) is 36.2. The van der Waals surface area contributed by atoms with Crippen molar-refractivity contribution in [2.24, 2.45) is 5.11 Å². The van der Waals surface area contributed by atoms with E-state index in [4.69, 9.17) is 14.7 Å². The van der Waals surface area contributed by atoms with E-state index >= 15 is 0 Å². The second-order valence-electron chi connectivity index (χ2n) is 13.3. The lowest BCUT2D eigenvalue weighted by atomic mass is 10.1. The molecule has 4 aromatic rings. The van der Waals surface area contributed by atoms with Crippen LogP contribution in [0.15, 0.2) is 108 Å². The lowest BCUT2D eigenvalue weighted by molar-refractivity contribution is -0.105. The van der Waals surface area contributed by atoms with Crippen LogP contribution in [0.4, 0.5) is 11.4 Å². The SMILES string of the molecule is CC(C)(C)[Si](C)(C)O[C@@H](CNCCc1ccc(NC[C@H](N=[N+]=[N-])c2ccccc2)cc1)c1ccc(OCc2ccccc2)c(NC=O)c1. The van der Waals surface area contributed by atoms with Crippen LogP contribution >= 0.6 is 0 Å². The topological polar surface area (TPSA) is 120 Å². The lowest BCUT2D eigenvalue weighted by Crippen LogP contribution is -2.43. The summed E-state index contributed by atoms with van der Waals surface area (Å²) >= 11 is 0. The molecule has 48 heavy (non-hydrogen) atoms. The van der Waals surface area contributed by atoms with Crippen molar-refractivity contribution in [2.45, 2.75) is 64.1 Å². The number of amides is 1. The predicted molar refractivity (Wildman–Crippen MR) is 198 cm³/mol. The Labute approximate surface area is 285 Å². The molecule has 10 heteroatoms. The van der Waals surface area contributed by atoms with Crippen LogP contribution in [0.3, 0.4) is 0 Å². The van der Waals surface area contributed by atoms with E-state index in [9.17, 15) is 4.79 Å². The van der Waals surface area contributed by atoms with Gasteiger partial charge in [-0.2, -0.15) is 0 Å². The van der Waals surface area contributed by atoms with Gasteiger partial charge in [-0.1, -0.05) is 105 Å². The van der Waals surface area contributed by atoms with Crippen molar-refractivity contribution in [3.63, 3.8) is 0 Å². The number of hydrogen-bond acceptors (Lipinski definition) is 6. The molecule has 4 rings (SSSR count). The fraction of sp³-hybridized carbons (Fsp3) is 0.342. The molecule has 0 bridgehead atoms. The highest BCUT2D eigenvalue weighted by molar-refractivity contribution is 6.74. The van der Waals surface area contributed by atoms with E-state index in [1.54, 1.807) is 0 Å². The lowest BCUT2D eigenvalue weighted by Gasteiger charge is -2.39. The Hall–Kier alpha value is -4.60. The Balaban J connectivity index is 1.38. The second-order valence-corrected chi connectivity index (χ2v) is 18.1. The molecule has 0 aliphatic carbocycles. The van der Waals surface area contributed by atoms with Crippen molar-refractivity contribution in [1.82, 2.24) is 5.32 Å². The molecule has 1 amide bonds. The highest BCUT2D eigenvalue weighted by Crippen LogP contribution is 2.40. The molecule has 0 heterocycles. The van der Waals surface area contributed by atoms with E-state index in [-0.39, 0.29) is 17.2 Å². The summed E-state index contributed by atoms with van der Waals surface area (Å²) in [5, 5.41) is 13.8. The molecule has 0 saturated heterocycles. The van der Waals surface area contributed by atoms with Crippen LogP contribution < -0.4 is 20.7 Å². The molecular formula is C38H48N6O3Si. The van der Waals surface area contributed by atoms with Crippen molar-refractivity contribution in [3.05, 3.63) is 136 Å². The third kappa shape index (κ3) is 10.7. The van der Waals surface area contributed by atoms with Gasteiger partial charge in [0.15, 0.2) is 8.32 Å². The molecule has 0 aliphatic rings. The third-order valence-electron chi connectivity index (χ3n) is 8.82. The molecule has 252 valence electrons. The smallest absolute Gasteiger partial charge is 0.211 e. The maximum atomic E-state index is 11.5. The summed E-state index contributed by atoms with van der Waals surface area (Å²) < 4.78 is 13.0. The fourth-order valence-electron chi connectivity index (χ4n) is 4.98. The molecular weight excluding hydrogens is 617 g/mol. The largest absolute Gasteiger partial charge is 0.487 e. The Morgan fingerprint density at radius 1 is 0.875 bits per heavy atom. The molecule has 4 aromatic carbocycles. The number of ether oxygens (including phenoxy) is 1. The third-order valence-corrected chi connectivity index (χ3v) is 13.3. The first-order chi connectivity index (χ1) is 23.1. The van der Waals surface area contributed by atoms with Gasteiger partial charge in [-0.3, -0.25) is 4.79 Å². The van der Waals surface area contributed by atoms with Gasteiger partial charge in [0.2, 0.25) is 6.41 Å². The zero-order valence-corrected chi connectivity index (χ0v) is 29.6. The molecule has 0 saturated carbocycles. The molecule has 0 radical (unpaired) electrons. The minimum Gasteiger partial charge on any atom is -0.487 e. The number of rotatable bonds is 18. The first-order valence-electron chi connectivity index (χ1n) is 16.4. The number of carbonyl (C=O) groups is 1. The van der Waals surface area contributed by atoms with Crippen LogP contribution in [0.2, 0.25) is 18.1 Å². The van der Waals surface area contributed by atoms with Gasteiger partial charge in [-0.25, -0.2) is 0 Å². The van der Waals surface area contributed by atoms with Gasteiger partial charge in [0.1, 0.15) is 12.4 Å². The van der Waals surface area contributed by atoms with Crippen LogP contribution in [0.5, 0.6) is 5.75 Å². The van der Waals surface area contributed by atoms with Gasteiger partial charge in [0, 0.05) is 23.7 Å². The zero-order valence-electron chi connectivity index (χ0n) is 28.6. The quantitative estimate of drug-likeness (QED) is 0.0245. The minimum atomic E-state index is -2.13. The normalized spacial score (nSPS) is 12.8. The van der Waals surface area contributed by atoms with Crippen molar-refractivity contribution in [1.29, 1.82) is 0 Å². The Morgan fingerprint density at radius 2 is 1.56 bits per heavy atom. The number of anilines is 2. The molecule has 0 aliphatic heterocycles. The molecule has 2 atom stereocenters. The van der Waals surface area contributed by atoms with Crippen molar-refractivity contribution in [3.8, 4) is 5.75 Å². The Bertz CT molecular complexity index is 1620. The summed E-state index contributed by atoms with van der Waals surface area (Å²) in [5.74, 6) is 0.611. The summed E-state index contributed by atoms with van der Waals surface area (Å²) in [6.07, 6.45) is 1.32. The van der Waals surface area contributed by atoms with Crippen molar-refractivity contribution >= 4 is 26.1 Å². The minimum absolute atomic E-state index is 0.0334. The van der Waals surface area contributed by atoms with Crippen LogP contribution in [0.25, 0.3) is 10.4 Å². The highest BCUT2D eigenvalue weighted by atomic mass is 28.4. The summed E-state index contributed by atoms with van der Waals surface area (Å²) in [5.41, 5.74) is 14.8. The van der Waals surface area contributed by atoms with E-state index < -0.39 is 8.32 Å². The van der Waals surface area contributed by atoms with E-state index in [1.807, 2.05) is 78.9 Å². The number of carbonyl (C=O) groups excluding carboxylic acids is 1. The number of hydrogen-bond donors (Lipinski definition) is 3. The molecule has 0 aromatic heterocycles. The molecule has 0 fully saturated rings. The van der Waals surface area contributed by atoms with Gasteiger partial charge in [-0.05, 0) is 83.1 Å². The average Bonchev–Trinajstić information content (AvgIpc) is 3.08. The standard InChI is InChI=1S/C38H48N6O3Si/c1-38(2,3)48(4,5)47-37(32-18-21-36(34(24-32)42-28-45)46-27-30-12-8-6-9-13-30)26-40-23-22-29-16-19-33(20-17-29)41-25-35(43-44-39)31-14-10-7-11-15-31/h6-21,24,28,35,37,40-41H,22-23,25-27H2,1-5H3,(H,42,45)/t35-,37-/m0/s1. The van der Waals surface area contributed by atoms with Crippen LogP contribution in [0, 0.1) is 0 Å². The maximum absolute atomic E-state index is 11.5. The summed E-state index contributed by atoms with van der Waals surface area (Å²) in [6, 6.07) is 33.7. The van der Waals surface area contributed by atoms with Crippen LogP contribution in [-0.4, -0.2) is 34.4 Å². The van der Waals surface area contributed by atoms with E-state index in [2.05, 4.69) is 84.1 Å². The van der Waals surface area contributed by atoms with Crippen molar-refractivity contribution in [2.75, 3.05) is 30.3 Å². The molecule has 9 nitrogen and oxygen atoms in total. The number of nitrogens with one attached hydrogen (secondary N) is 3. The summed E-state index contributed by atoms with van der Waals surface area (Å²) in [7, 11) is -2.13. The van der Waals surface area contributed by atoms with E-state index in [0.717, 1.165) is 35.3 Å². The fourth-order valence-corrected chi connectivity index (χ4v) is 6.26. The van der Waals surface area contributed by atoms with Gasteiger partial charge in [-0.15, -0.1) is 0 Å². The average molecular weight is 665 g/mol. The van der Waals surface area contributed by atoms with Crippen molar-refractivity contribution < 1.29 is 14.0 Å². The Morgan fingerprint density at radius 3 is 2.21 bits per heavy atom. The molecule has 0 spiro atoms. The Kier molecular flexibility index (Phi) is 13.2. The molecule has 0 unspecified atom stereocenters. The zero-order chi connectivity index (χ0) is 34.4. The second kappa shape index (κ2) is 17.5. The van der Waals surface area contributed by atoms with E-state index in [1.165, 1.54) is 5.56 Å². The summed E-state index contributed by atoms with van der Waals surface area (Å²) in [4.78, 5) is 14.6. The number of benzene rings is 4. The highest BCUT2D eigenvalue weighted by Gasteiger charge is 2.39. The van der Waals surface area contributed by atoms with Gasteiger partial charge in [0.25, 0.3) is 0 Å². The van der Waals surface area contributed by atoms with Gasteiger partial charge in [0.05, 0.1) is 17.8 Å². The van der Waals surface area contributed by atoms with E-state index in [0.29, 0.717) is 37.5 Å². The maximum Gasteiger partial charge on any atom is 0.211 e. The van der Waals surface area contributed by atoms with Crippen LogP contribution in [-0.2, 0) is 22.2 Å². The number of azide groups is 1. The number of nitrogens with zero attached hydrogens (tertiary/aromatic N) is 3. The van der Waals surface area contributed by atoms with Gasteiger partial charge < -0.3 is 25.1 Å². The predicted octanol–water partition coefficient (Wildman–Crippen LogP) is 9.19. The van der Waals surface area contributed by atoms with Gasteiger partial charge >= 0.3 is 0 Å². The van der Waals surface area contributed by atoms with Crippen LogP contribution in [0.1, 0.15) is 55.2 Å². The molecule has 3 N–H and O–H groups in total. The summed E-state index contributed by atoms with van der Waals surface area (Å²) in [6.45, 7) is 13.5.